The second-order valence-electron chi connectivity index (χ2n) is 8.47. The lowest BCUT2D eigenvalue weighted by Crippen LogP contribution is -2.46. The summed E-state index contributed by atoms with van der Waals surface area (Å²) in [6.07, 6.45) is 5.98. The van der Waals surface area contributed by atoms with Crippen molar-refractivity contribution < 1.29 is 19.2 Å². The molecule has 1 aliphatic carbocycles. The number of amides is 5. The van der Waals surface area contributed by atoms with Gasteiger partial charge in [-0.05, 0) is 55.9 Å². The number of rotatable bonds is 5. The van der Waals surface area contributed by atoms with Crippen molar-refractivity contribution in [2.24, 2.45) is 5.92 Å². The first-order valence-electron chi connectivity index (χ1n) is 10.8. The van der Waals surface area contributed by atoms with Gasteiger partial charge in [0.15, 0.2) is 0 Å². The summed E-state index contributed by atoms with van der Waals surface area (Å²) in [5, 5.41) is 2.71. The fourth-order valence-corrected chi connectivity index (χ4v) is 4.71. The molecule has 1 aromatic rings. The smallest absolute Gasteiger partial charge is 0.334 e. The van der Waals surface area contributed by atoms with Gasteiger partial charge in [-0.2, -0.15) is 0 Å². The molecule has 0 spiro atoms. The van der Waals surface area contributed by atoms with E-state index in [9.17, 15) is 19.2 Å². The molecule has 160 valence electrons. The molecule has 5 amide bonds. The third-order valence-corrected chi connectivity index (χ3v) is 6.41. The van der Waals surface area contributed by atoms with Crippen molar-refractivity contribution in [3.63, 3.8) is 0 Å². The predicted molar refractivity (Wildman–Crippen MR) is 112 cm³/mol. The number of carbonyl (C=O) groups is 4. The lowest BCUT2D eigenvalue weighted by Gasteiger charge is -2.34. The van der Waals surface area contributed by atoms with E-state index in [0.29, 0.717) is 12.1 Å². The molecule has 3 fully saturated rings. The highest BCUT2D eigenvalue weighted by atomic mass is 16.2. The minimum atomic E-state index is -0.919. The zero-order chi connectivity index (χ0) is 21.3. The Morgan fingerprint density at radius 3 is 2.30 bits per heavy atom. The van der Waals surface area contributed by atoms with Gasteiger partial charge in [0.05, 0.1) is 0 Å². The summed E-state index contributed by atoms with van der Waals surface area (Å²) in [6.45, 7) is 3.61. The quantitative estimate of drug-likeness (QED) is 0.593. The first kappa shape index (κ1) is 20.4. The maximum absolute atomic E-state index is 12.8. The first-order valence-corrected chi connectivity index (χ1v) is 10.8. The van der Waals surface area contributed by atoms with Gasteiger partial charge in [-0.25, -0.2) is 9.69 Å². The lowest BCUT2D eigenvalue weighted by atomic mass is 9.85. The molecule has 30 heavy (non-hydrogen) atoms. The van der Waals surface area contributed by atoms with E-state index in [1.165, 1.54) is 12.8 Å². The van der Waals surface area contributed by atoms with Gasteiger partial charge in [0.2, 0.25) is 5.91 Å². The van der Waals surface area contributed by atoms with E-state index in [4.69, 9.17) is 0 Å². The monoisotopic (exact) mass is 412 g/mol. The highest BCUT2D eigenvalue weighted by Gasteiger charge is 2.49. The SMILES string of the molecule is C[C@H]1CCCC[C@@H]1N1C(=O)C(=O)N(CC(=O)Nc2ccc(N3CCCC3)cc2)C1=O. The van der Waals surface area contributed by atoms with Crippen molar-refractivity contribution in [2.45, 2.75) is 51.5 Å². The molecule has 4 rings (SSSR count). The van der Waals surface area contributed by atoms with Crippen molar-refractivity contribution in [1.82, 2.24) is 9.80 Å². The number of carbonyl (C=O) groups excluding carboxylic acids is 4. The average molecular weight is 412 g/mol. The largest absolute Gasteiger partial charge is 0.372 e. The summed E-state index contributed by atoms with van der Waals surface area (Å²) in [7, 11) is 0. The minimum Gasteiger partial charge on any atom is -0.372 e. The molecule has 1 saturated carbocycles. The van der Waals surface area contributed by atoms with Crippen molar-refractivity contribution in [2.75, 3.05) is 29.9 Å². The highest BCUT2D eigenvalue weighted by molar-refractivity contribution is 6.45. The highest BCUT2D eigenvalue weighted by Crippen LogP contribution is 2.31. The Hall–Kier alpha value is -2.90. The summed E-state index contributed by atoms with van der Waals surface area (Å²) in [6, 6.07) is 6.56. The van der Waals surface area contributed by atoms with Crippen LogP contribution < -0.4 is 10.2 Å². The molecule has 3 aliphatic rings. The molecule has 1 N–H and O–H groups in total. The lowest BCUT2D eigenvalue weighted by molar-refractivity contribution is -0.145. The van der Waals surface area contributed by atoms with E-state index in [1.807, 2.05) is 19.1 Å². The number of urea groups is 1. The van der Waals surface area contributed by atoms with Crippen LogP contribution in [0.25, 0.3) is 0 Å². The Balaban J connectivity index is 1.38. The Morgan fingerprint density at radius 2 is 1.63 bits per heavy atom. The molecule has 1 aromatic carbocycles. The van der Waals surface area contributed by atoms with Crippen molar-refractivity contribution in [3.05, 3.63) is 24.3 Å². The third-order valence-electron chi connectivity index (χ3n) is 6.41. The molecule has 8 nitrogen and oxygen atoms in total. The molecule has 0 unspecified atom stereocenters. The normalized spacial score (nSPS) is 24.7. The maximum Gasteiger partial charge on any atom is 0.334 e. The molecule has 2 atom stereocenters. The number of hydrogen-bond acceptors (Lipinski definition) is 5. The van der Waals surface area contributed by atoms with Crippen molar-refractivity contribution in [1.29, 1.82) is 0 Å². The molecule has 0 aromatic heterocycles. The van der Waals surface area contributed by atoms with Crippen LogP contribution in [0, 0.1) is 5.92 Å². The van der Waals surface area contributed by atoms with Crippen LogP contribution in [0.5, 0.6) is 0 Å². The Kier molecular flexibility index (Phi) is 5.74. The molecule has 0 bridgehead atoms. The molecule has 2 aliphatic heterocycles. The number of imide groups is 2. The fraction of sp³-hybridized carbons (Fsp3) is 0.545. The first-order chi connectivity index (χ1) is 14.5. The van der Waals surface area contributed by atoms with Crippen LogP contribution in [0.1, 0.15) is 45.4 Å². The van der Waals surface area contributed by atoms with Crippen LogP contribution in [-0.4, -0.2) is 59.2 Å². The van der Waals surface area contributed by atoms with Crippen LogP contribution in [-0.2, 0) is 14.4 Å². The maximum atomic E-state index is 12.8. The second kappa shape index (κ2) is 8.45. The van der Waals surface area contributed by atoms with Crippen LogP contribution in [0.15, 0.2) is 24.3 Å². The molecule has 0 radical (unpaired) electrons. The second-order valence-corrected chi connectivity index (χ2v) is 8.47. The van der Waals surface area contributed by atoms with Gasteiger partial charge < -0.3 is 10.2 Å². The van der Waals surface area contributed by atoms with Gasteiger partial charge in [-0.1, -0.05) is 19.8 Å². The summed E-state index contributed by atoms with van der Waals surface area (Å²) >= 11 is 0. The van der Waals surface area contributed by atoms with Gasteiger partial charge in [-0.3, -0.25) is 19.3 Å². The van der Waals surface area contributed by atoms with Crippen LogP contribution in [0.2, 0.25) is 0 Å². The van der Waals surface area contributed by atoms with Crippen LogP contribution >= 0.6 is 0 Å². The molecule has 8 heteroatoms. The third kappa shape index (κ3) is 3.91. The Morgan fingerprint density at radius 1 is 0.967 bits per heavy atom. The molecular formula is C22H28N4O4. The van der Waals surface area contributed by atoms with Gasteiger partial charge >= 0.3 is 17.8 Å². The summed E-state index contributed by atoms with van der Waals surface area (Å²) < 4.78 is 0. The fourth-order valence-electron chi connectivity index (χ4n) is 4.71. The zero-order valence-electron chi connectivity index (χ0n) is 17.3. The van der Waals surface area contributed by atoms with Gasteiger partial charge in [-0.15, -0.1) is 0 Å². The average Bonchev–Trinajstić information content (AvgIpc) is 3.34. The van der Waals surface area contributed by atoms with Crippen molar-refractivity contribution in [3.8, 4) is 0 Å². The van der Waals surface area contributed by atoms with Crippen molar-refractivity contribution >= 4 is 35.1 Å². The summed E-state index contributed by atoms with van der Waals surface area (Å²) in [5.74, 6) is -2.09. The van der Waals surface area contributed by atoms with E-state index in [2.05, 4.69) is 10.2 Å². The predicted octanol–water partition coefficient (Wildman–Crippen LogP) is 2.59. The van der Waals surface area contributed by atoms with Gasteiger partial charge in [0, 0.05) is 30.5 Å². The van der Waals surface area contributed by atoms with E-state index >= 15 is 0 Å². The Labute approximate surface area is 176 Å². The minimum absolute atomic E-state index is 0.155. The van der Waals surface area contributed by atoms with E-state index in [1.54, 1.807) is 12.1 Å². The van der Waals surface area contributed by atoms with Gasteiger partial charge in [0.1, 0.15) is 6.54 Å². The zero-order valence-corrected chi connectivity index (χ0v) is 17.3. The summed E-state index contributed by atoms with van der Waals surface area (Å²) in [4.78, 5) is 54.2. The number of hydrogen-bond donors (Lipinski definition) is 1. The number of nitrogens with one attached hydrogen (secondary N) is 1. The van der Waals surface area contributed by atoms with Crippen LogP contribution in [0.4, 0.5) is 16.2 Å². The topological polar surface area (TPSA) is 90.0 Å². The van der Waals surface area contributed by atoms with Gasteiger partial charge in [0.25, 0.3) is 0 Å². The van der Waals surface area contributed by atoms with E-state index < -0.39 is 30.3 Å². The Bertz CT molecular complexity index is 847. The standard InChI is InChI=1S/C22H28N4O4/c1-15-6-2-3-7-18(15)26-21(29)20(28)25(22(26)30)14-19(27)23-16-8-10-17(11-9-16)24-12-4-5-13-24/h8-11,15,18H,2-7,12-14H2,1H3,(H,23,27)/t15-,18-/m0/s1. The number of nitrogens with zero attached hydrogens (tertiary/aromatic N) is 3. The molecular weight excluding hydrogens is 384 g/mol. The molecule has 2 saturated heterocycles. The van der Waals surface area contributed by atoms with Crippen LogP contribution in [0.3, 0.4) is 0 Å². The van der Waals surface area contributed by atoms with E-state index in [-0.39, 0.29) is 12.0 Å². The summed E-state index contributed by atoms with van der Waals surface area (Å²) in [5.41, 5.74) is 1.70. The number of anilines is 2. The molecule has 2 heterocycles. The van der Waals surface area contributed by atoms with E-state index in [0.717, 1.165) is 47.8 Å². The number of benzene rings is 1.